The molecule has 4 heteroatoms. The lowest BCUT2D eigenvalue weighted by Gasteiger charge is -2.29. The second kappa shape index (κ2) is 7.37. The van der Waals surface area contributed by atoms with Gasteiger partial charge in [0.2, 0.25) is 0 Å². The van der Waals surface area contributed by atoms with E-state index in [1.54, 1.807) is 19.2 Å². The predicted octanol–water partition coefficient (Wildman–Crippen LogP) is 1.79. The van der Waals surface area contributed by atoms with Gasteiger partial charge in [0, 0.05) is 26.2 Å². The summed E-state index contributed by atoms with van der Waals surface area (Å²) < 4.78 is 18.0. The SMILES string of the molecule is CCN(CCOC)C(CN)c1ccc(F)cc1. The first-order valence-corrected chi connectivity index (χ1v) is 5.91. The monoisotopic (exact) mass is 240 g/mol. The van der Waals surface area contributed by atoms with Gasteiger partial charge in [-0.15, -0.1) is 0 Å². The summed E-state index contributed by atoms with van der Waals surface area (Å²) in [4.78, 5) is 2.23. The molecule has 0 fully saturated rings. The zero-order valence-corrected chi connectivity index (χ0v) is 10.5. The lowest BCUT2D eigenvalue weighted by molar-refractivity contribution is 0.125. The van der Waals surface area contributed by atoms with Crippen molar-refractivity contribution < 1.29 is 9.13 Å². The average Bonchev–Trinajstić information content (AvgIpc) is 2.36. The minimum absolute atomic E-state index is 0.121. The topological polar surface area (TPSA) is 38.5 Å². The zero-order chi connectivity index (χ0) is 12.7. The summed E-state index contributed by atoms with van der Waals surface area (Å²) in [5.41, 5.74) is 6.86. The largest absolute Gasteiger partial charge is 0.383 e. The number of methoxy groups -OCH3 is 1. The van der Waals surface area contributed by atoms with Gasteiger partial charge in [-0.3, -0.25) is 4.90 Å². The fraction of sp³-hybridized carbons (Fsp3) is 0.538. The lowest BCUT2D eigenvalue weighted by atomic mass is 10.1. The van der Waals surface area contributed by atoms with E-state index < -0.39 is 0 Å². The summed E-state index contributed by atoms with van der Waals surface area (Å²) in [6.45, 7) is 4.99. The summed E-state index contributed by atoms with van der Waals surface area (Å²) in [5.74, 6) is -0.218. The van der Waals surface area contributed by atoms with E-state index in [1.807, 2.05) is 0 Å². The molecule has 0 saturated heterocycles. The molecular weight excluding hydrogens is 219 g/mol. The molecule has 0 aliphatic carbocycles. The van der Waals surface area contributed by atoms with Crippen LogP contribution < -0.4 is 5.73 Å². The average molecular weight is 240 g/mol. The van der Waals surface area contributed by atoms with Gasteiger partial charge < -0.3 is 10.5 Å². The molecule has 0 spiro atoms. The molecule has 96 valence electrons. The zero-order valence-electron chi connectivity index (χ0n) is 10.5. The Kier molecular flexibility index (Phi) is 6.11. The molecule has 0 aliphatic rings. The Hall–Kier alpha value is -0.970. The lowest BCUT2D eigenvalue weighted by Crippen LogP contribution is -2.36. The van der Waals surface area contributed by atoms with Crippen LogP contribution in [-0.2, 0) is 4.74 Å². The van der Waals surface area contributed by atoms with Gasteiger partial charge >= 0.3 is 0 Å². The van der Waals surface area contributed by atoms with Crippen LogP contribution >= 0.6 is 0 Å². The molecule has 0 radical (unpaired) electrons. The van der Waals surface area contributed by atoms with Gasteiger partial charge in [0.15, 0.2) is 0 Å². The summed E-state index contributed by atoms with van der Waals surface area (Å²) in [7, 11) is 1.68. The minimum Gasteiger partial charge on any atom is -0.383 e. The van der Waals surface area contributed by atoms with Crippen molar-refractivity contribution in [1.82, 2.24) is 4.90 Å². The fourth-order valence-electron chi connectivity index (χ4n) is 1.92. The first-order chi connectivity index (χ1) is 8.22. The van der Waals surface area contributed by atoms with Crippen LogP contribution in [-0.4, -0.2) is 38.3 Å². The summed E-state index contributed by atoms with van der Waals surface area (Å²) in [6.07, 6.45) is 0. The van der Waals surface area contributed by atoms with E-state index in [9.17, 15) is 4.39 Å². The van der Waals surface area contributed by atoms with Crippen LogP contribution in [0.15, 0.2) is 24.3 Å². The van der Waals surface area contributed by atoms with E-state index in [2.05, 4.69) is 11.8 Å². The third-order valence-electron chi connectivity index (χ3n) is 2.91. The Morgan fingerprint density at radius 3 is 2.47 bits per heavy atom. The van der Waals surface area contributed by atoms with Crippen molar-refractivity contribution in [2.75, 3.05) is 33.4 Å². The van der Waals surface area contributed by atoms with Gasteiger partial charge in [-0.05, 0) is 24.2 Å². The number of hydrogen-bond donors (Lipinski definition) is 1. The van der Waals surface area contributed by atoms with E-state index in [0.29, 0.717) is 13.2 Å². The molecule has 3 nitrogen and oxygen atoms in total. The highest BCUT2D eigenvalue weighted by atomic mass is 19.1. The molecule has 1 unspecified atom stereocenters. The fourth-order valence-corrected chi connectivity index (χ4v) is 1.92. The maximum atomic E-state index is 12.9. The second-order valence-electron chi connectivity index (χ2n) is 3.92. The molecule has 0 saturated carbocycles. The third kappa shape index (κ3) is 4.07. The summed E-state index contributed by atoms with van der Waals surface area (Å²) in [5, 5.41) is 0. The first-order valence-electron chi connectivity index (χ1n) is 5.91. The van der Waals surface area contributed by atoms with Crippen molar-refractivity contribution in [3.05, 3.63) is 35.6 Å². The van der Waals surface area contributed by atoms with Crippen LogP contribution in [0.4, 0.5) is 4.39 Å². The molecular formula is C13H21FN2O. The maximum Gasteiger partial charge on any atom is 0.123 e. The molecule has 0 amide bonds. The number of ether oxygens (including phenoxy) is 1. The smallest absolute Gasteiger partial charge is 0.123 e. The molecule has 0 heterocycles. The molecule has 0 aliphatic heterocycles. The van der Waals surface area contributed by atoms with Crippen LogP contribution in [0.3, 0.4) is 0 Å². The summed E-state index contributed by atoms with van der Waals surface area (Å²) in [6, 6.07) is 6.66. The van der Waals surface area contributed by atoms with Gasteiger partial charge in [0.25, 0.3) is 0 Å². The highest BCUT2D eigenvalue weighted by Gasteiger charge is 2.17. The molecule has 17 heavy (non-hydrogen) atoms. The van der Waals surface area contributed by atoms with Gasteiger partial charge in [-0.25, -0.2) is 4.39 Å². The summed E-state index contributed by atoms with van der Waals surface area (Å²) >= 11 is 0. The van der Waals surface area contributed by atoms with E-state index in [0.717, 1.165) is 18.7 Å². The Labute approximate surface area is 102 Å². The Bertz CT molecular complexity index is 316. The van der Waals surface area contributed by atoms with Crippen molar-refractivity contribution in [3.63, 3.8) is 0 Å². The van der Waals surface area contributed by atoms with E-state index in [4.69, 9.17) is 10.5 Å². The Balaban J connectivity index is 2.77. The predicted molar refractivity (Wildman–Crippen MR) is 67.3 cm³/mol. The third-order valence-corrected chi connectivity index (χ3v) is 2.91. The minimum atomic E-state index is -0.218. The normalized spacial score (nSPS) is 13.0. The molecule has 1 aromatic rings. The molecule has 0 bridgehead atoms. The van der Waals surface area contributed by atoms with Crippen molar-refractivity contribution in [2.24, 2.45) is 5.73 Å². The molecule has 2 N–H and O–H groups in total. The van der Waals surface area contributed by atoms with Crippen LogP contribution in [0.5, 0.6) is 0 Å². The van der Waals surface area contributed by atoms with Crippen LogP contribution in [0.2, 0.25) is 0 Å². The first kappa shape index (κ1) is 14.1. The maximum absolute atomic E-state index is 12.9. The number of nitrogens with zero attached hydrogens (tertiary/aromatic N) is 1. The number of benzene rings is 1. The molecule has 0 aromatic heterocycles. The number of rotatable bonds is 7. The number of likely N-dealkylation sites (N-methyl/N-ethyl adjacent to an activating group) is 1. The van der Waals surface area contributed by atoms with Crippen LogP contribution in [0.1, 0.15) is 18.5 Å². The van der Waals surface area contributed by atoms with Gasteiger partial charge in [-0.1, -0.05) is 19.1 Å². The van der Waals surface area contributed by atoms with Gasteiger partial charge in [0.05, 0.1) is 6.61 Å². The number of hydrogen-bond acceptors (Lipinski definition) is 3. The van der Waals surface area contributed by atoms with E-state index in [1.165, 1.54) is 12.1 Å². The van der Waals surface area contributed by atoms with E-state index >= 15 is 0 Å². The van der Waals surface area contributed by atoms with Crippen molar-refractivity contribution in [3.8, 4) is 0 Å². The number of halogens is 1. The van der Waals surface area contributed by atoms with Crippen molar-refractivity contribution in [1.29, 1.82) is 0 Å². The van der Waals surface area contributed by atoms with Crippen molar-refractivity contribution >= 4 is 0 Å². The highest BCUT2D eigenvalue weighted by Crippen LogP contribution is 2.19. The molecule has 1 aromatic carbocycles. The standard InChI is InChI=1S/C13H21FN2O/c1-3-16(8-9-17-2)13(10-15)11-4-6-12(14)7-5-11/h4-7,13H,3,8-10,15H2,1-2H3. The highest BCUT2D eigenvalue weighted by molar-refractivity contribution is 5.20. The van der Waals surface area contributed by atoms with Gasteiger partial charge in [-0.2, -0.15) is 0 Å². The van der Waals surface area contributed by atoms with Crippen LogP contribution in [0, 0.1) is 5.82 Å². The van der Waals surface area contributed by atoms with Crippen LogP contribution in [0.25, 0.3) is 0 Å². The second-order valence-corrected chi connectivity index (χ2v) is 3.92. The Morgan fingerprint density at radius 2 is 2.00 bits per heavy atom. The van der Waals surface area contributed by atoms with Crippen molar-refractivity contribution in [2.45, 2.75) is 13.0 Å². The van der Waals surface area contributed by atoms with Gasteiger partial charge in [0.1, 0.15) is 5.82 Å². The number of nitrogens with two attached hydrogens (primary N) is 1. The molecule has 1 atom stereocenters. The quantitative estimate of drug-likeness (QED) is 0.789. The Morgan fingerprint density at radius 1 is 1.35 bits per heavy atom. The molecule has 1 rings (SSSR count). The van der Waals surface area contributed by atoms with E-state index in [-0.39, 0.29) is 11.9 Å².